The predicted octanol–water partition coefficient (Wildman–Crippen LogP) is 4.48. The average molecular weight is 487 g/mol. The molecule has 2 aromatic carbocycles. The van der Waals surface area contributed by atoms with E-state index in [1.54, 1.807) is 6.07 Å². The first kappa shape index (κ1) is 23.0. The minimum atomic E-state index is 0.293. The zero-order valence-electron chi connectivity index (χ0n) is 19.1. The van der Waals surface area contributed by atoms with Crippen molar-refractivity contribution in [1.29, 1.82) is 0 Å². The fourth-order valence-electron chi connectivity index (χ4n) is 5.12. The van der Waals surface area contributed by atoms with Crippen molar-refractivity contribution in [2.45, 2.75) is 25.3 Å². The van der Waals surface area contributed by atoms with Crippen LogP contribution >= 0.6 is 23.2 Å². The van der Waals surface area contributed by atoms with Gasteiger partial charge < -0.3 is 9.80 Å². The summed E-state index contributed by atoms with van der Waals surface area (Å²) in [5, 5.41) is 1.31. The first-order valence-corrected chi connectivity index (χ1v) is 12.9. The predicted molar refractivity (Wildman–Crippen MR) is 136 cm³/mol. The number of carbonyl (C=O) groups is 1. The maximum Gasteiger partial charge on any atom is 0.236 e. The number of nitrogens with zero attached hydrogens (tertiary/aromatic N) is 4. The molecule has 5 rings (SSSR count). The third kappa shape index (κ3) is 5.32. The van der Waals surface area contributed by atoms with Crippen LogP contribution in [0.2, 0.25) is 10.0 Å². The highest BCUT2D eigenvalue weighted by molar-refractivity contribution is 6.36. The molecular formula is C26H32Cl2N4O. The van der Waals surface area contributed by atoms with Gasteiger partial charge in [0.2, 0.25) is 5.91 Å². The Bertz CT molecular complexity index is 963. The quantitative estimate of drug-likeness (QED) is 0.623. The fourth-order valence-corrected chi connectivity index (χ4v) is 5.64. The van der Waals surface area contributed by atoms with Crippen LogP contribution in [-0.2, 0) is 4.79 Å². The van der Waals surface area contributed by atoms with Crippen LogP contribution in [0, 0.1) is 0 Å². The van der Waals surface area contributed by atoms with Crippen LogP contribution in [0.4, 0.5) is 5.69 Å². The third-order valence-corrected chi connectivity index (χ3v) is 8.01. The smallest absolute Gasteiger partial charge is 0.236 e. The van der Waals surface area contributed by atoms with Gasteiger partial charge in [-0.1, -0.05) is 47.8 Å². The first-order chi connectivity index (χ1) is 16.1. The topological polar surface area (TPSA) is 30.0 Å². The maximum absolute atomic E-state index is 12.8. The van der Waals surface area contributed by atoms with Crippen molar-refractivity contribution in [2.24, 2.45) is 0 Å². The first-order valence-electron chi connectivity index (χ1n) is 12.1. The Morgan fingerprint density at radius 1 is 0.848 bits per heavy atom. The molecule has 0 bridgehead atoms. The Kier molecular flexibility index (Phi) is 7.12. The van der Waals surface area contributed by atoms with Crippen molar-refractivity contribution in [2.75, 3.05) is 63.8 Å². The molecule has 0 unspecified atom stereocenters. The largest absolute Gasteiger partial charge is 0.369 e. The number of carbonyl (C=O) groups excluding carboxylic acids is 1. The number of hydrogen-bond acceptors (Lipinski definition) is 4. The summed E-state index contributed by atoms with van der Waals surface area (Å²) in [6.45, 7) is 8.11. The van der Waals surface area contributed by atoms with Crippen LogP contribution in [0.3, 0.4) is 0 Å². The van der Waals surface area contributed by atoms with E-state index >= 15 is 0 Å². The van der Waals surface area contributed by atoms with E-state index in [0.717, 1.165) is 69.5 Å². The second-order valence-electron chi connectivity index (χ2n) is 9.44. The number of benzene rings is 2. The Labute approximate surface area is 206 Å². The zero-order valence-corrected chi connectivity index (χ0v) is 20.6. The Hall–Kier alpha value is -1.79. The zero-order chi connectivity index (χ0) is 22.8. The summed E-state index contributed by atoms with van der Waals surface area (Å²) < 4.78 is 0. The van der Waals surface area contributed by atoms with Gasteiger partial charge in [0.05, 0.1) is 6.54 Å². The molecule has 1 saturated carbocycles. The van der Waals surface area contributed by atoms with Gasteiger partial charge in [0.25, 0.3) is 0 Å². The summed E-state index contributed by atoms with van der Waals surface area (Å²) >= 11 is 12.4. The minimum absolute atomic E-state index is 0.293. The van der Waals surface area contributed by atoms with Crippen LogP contribution in [0.15, 0.2) is 42.5 Å². The van der Waals surface area contributed by atoms with Crippen LogP contribution < -0.4 is 4.90 Å². The SMILES string of the molecule is O=C(CN1CCN(c2ccc(-c3ccc(Cl)cc3Cl)cc2)CC1)N1CCN(C2CCC2)CC1. The lowest BCUT2D eigenvalue weighted by molar-refractivity contribution is -0.134. The van der Waals surface area contributed by atoms with Gasteiger partial charge in [0.15, 0.2) is 0 Å². The van der Waals surface area contributed by atoms with E-state index in [1.807, 2.05) is 12.1 Å². The summed E-state index contributed by atoms with van der Waals surface area (Å²) in [5.41, 5.74) is 3.29. The highest BCUT2D eigenvalue weighted by Crippen LogP contribution is 2.31. The second-order valence-corrected chi connectivity index (χ2v) is 10.3. The number of piperazine rings is 2. The summed E-state index contributed by atoms with van der Waals surface area (Å²) in [6, 6.07) is 14.9. The average Bonchev–Trinajstić information content (AvgIpc) is 2.79. The summed E-state index contributed by atoms with van der Waals surface area (Å²) in [4.78, 5) is 22.2. The number of anilines is 1. The molecule has 0 atom stereocenters. The lowest BCUT2D eigenvalue weighted by atomic mass is 9.91. The highest BCUT2D eigenvalue weighted by atomic mass is 35.5. The molecule has 0 aromatic heterocycles. The van der Waals surface area contributed by atoms with E-state index in [0.29, 0.717) is 22.5 Å². The molecule has 0 N–H and O–H groups in total. The van der Waals surface area contributed by atoms with Gasteiger partial charge in [-0.2, -0.15) is 0 Å². The van der Waals surface area contributed by atoms with Crippen LogP contribution in [0.1, 0.15) is 19.3 Å². The minimum Gasteiger partial charge on any atom is -0.369 e. The molecule has 2 aromatic rings. The summed E-state index contributed by atoms with van der Waals surface area (Å²) in [5.74, 6) is 0.293. The summed E-state index contributed by atoms with van der Waals surface area (Å²) in [7, 11) is 0. The van der Waals surface area contributed by atoms with Crippen molar-refractivity contribution in [3.05, 3.63) is 52.5 Å². The molecule has 33 heavy (non-hydrogen) atoms. The number of rotatable bonds is 5. The molecule has 0 radical (unpaired) electrons. The Balaban J connectivity index is 1.09. The van der Waals surface area contributed by atoms with E-state index < -0.39 is 0 Å². The normalized spacial score (nSPS) is 20.7. The van der Waals surface area contributed by atoms with Crippen LogP contribution in [0.25, 0.3) is 11.1 Å². The van der Waals surface area contributed by atoms with Gasteiger partial charge in [0.1, 0.15) is 0 Å². The molecule has 3 aliphatic rings. The fraction of sp³-hybridized carbons (Fsp3) is 0.500. The number of amides is 1. The second kappa shape index (κ2) is 10.2. The van der Waals surface area contributed by atoms with Crippen LogP contribution in [-0.4, -0.2) is 85.6 Å². The highest BCUT2D eigenvalue weighted by Gasteiger charge is 2.30. The third-order valence-electron chi connectivity index (χ3n) is 7.46. The summed E-state index contributed by atoms with van der Waals surface area (Å²) in [6.07, 6.45) is 4.06. The van der Waals surface area contributed by atoms with E-state index in [1.165, 1.54) is 24.9 Å². The maximum atomic E-state index is 12.8. The molecule has 2 aliphatic heterocycles. The van der Waals surface area contributed by atoms with Crippen molar-refractivity contribution in [3.8, 4) is 11.1 Å². The molecule has 2 heterocycles. The lowest BCUT2D eigenvalue weighted by Crippen LogP contribution is -2.56. The molecule has 176 valence electrons. The van der Waals surface area contributed by atoms with Gasteiger partial charge in [-0.3, -0.25) is 14.6 Å². The van der Waals surface area contributed by atoms with Gasteiger partial charge in [0, 0.05) is 79.7 Å². The molecule has 5 nitrogen and oxygen atoms in total. The molecule has 3 fully saturated rings. The standard InChI is InChI=1S/C26H32Cl2N4O/c27-21-6-9-24(25(28)18-21)20-4-7-23(8-5-20)30-12-10-29(11-13-30)19-26(33)32-16-14-31(15-17-32)22-2-1-3-22/h4-9,18,22H,1-3,10-17,19H2. The molecule has 2 saturated heterocycles. The molecule has 0 spiro atoms. The van der Waals surface area contributed by atoms with Gasteiger partial charge in [-0.15, -0.1) is 0 Å². The molecule has 1 aliphatic carbocycles. The molecular weight excluding hydrogens is 455 g/mol. The van der Waals surface area contributed by atoms with E-state index in [-0.39, 0.29) is 0 Å². The van der Waals surface area contributed by atoms with Crippen LogP contribution in [0.5, 0.6) is 0 Å². The van der Waals surface area contributed by atoms with Gasteiger partial charge in [-0.25, -0.2) is 0 Å². The van der Waals surface area contributed by atoms with Gasteiger partial charge >= 0.3 is 0 Å². The van der Waals surface area contributed by atoms with Crippen molar-refractivity contribution >= 4 is 34.8 Å². The number of hydrogen-bond donors (Lipinski definition) is 0. The monoisotopic (exact) mass is 486 g/mol. The van der Waals surface area contributed by atoms with E-state index in [2.05, 4.69) is 43.9 Å². The van der Waals surface area contributed by atoms with Crippen molar-refractivity contribution in [3.63, 3.8) is 0 Å². The van der Waals surface area contributed by atoms with E-state index in [9.17, 15) is 4.79 Å². The van der Waals surface area contributed by atoms with Crippen molar-refractivity contribution < 1.29 is 4.79 Å². The van der Waals surface area contributed by atoms with E-state index in [4.69, 9.17) is 23.2 Å². The molecule has 7 heteroatoms. The number of halogens is 2. The Morgan fingerprint density at radius 3 is 2.15 bits per heavy atom. The van der Waals surface area contributed by atoms with Crippen molar-refractivity contribution in [1.82, 2.24) is 14.7 Å². The van der Waals surface area contributed by atoms with Gasteiger partial charge in [-0.05, 0) is 42.7 Å². The Morgan fingerprint density at radius 2 is 1.55 bits per heavy atom. The lowest BCUT2D eigenvalue weighted by Gasteiger charge is -2.43. The molecule has 1 amide bonds.